The summed E-state index contributed by atoms with van der Waals surface area (Å²) in [5.74, 6) is 0.229. The molecule has 1 aliphatic rings. The van der Waals surface area contributed by atoms with Gasteiger partial charge in [-0.05, 0) is 35.4 Å². The quantitative estimate of drug-likeness (QED) is 0.628. The van der Waals surface area contributed by atoms with Crippen molar-refractivity contribution >= 4 is 28.8 Å². The number of fused-ring (bicyclic) bond motifs is 1. The fraction of sp³-hybridized carbons (Fsp3) is 0.350. The second-order valence-corrected chi connectivity index (χ2v) is 7.54. The molecule has 3 aromatic heterocycles. The Balaban J connectivity index is 1.91. The molecule has 1 aliphatic heterocycles. The number of rotatable bonds is 4. The van der Waals surface area contributed by atoms with Crippen molar-refractivity contribution in [1.29, 1.82) is 0 Å². The monoisotopic (exact) mass is 399 g/mol. The highest BCUT2D eigenvalue weighted by Gasteiger charge is 2.24. The Hall–Kier alpha value is -2.71. The lowest BCUT2D eigenvalue weighted by molar-refractivity contribution is -0.144. The highest BCUT2D eigenvalue weighted by molar-refractivity contribution is 7.08. The number of hydrogen-bond acceptors (Lipinski definition) is 7. The van der Waals surface area contributed by atoms with Gasteiger partial charge in [0.05, 0.1) is 13.2 Å². The summed E-state index contributed by atoms with van der Waals surface area (Å²) in [6.07, 6.45) is 1.14. The molecule has 0 N–H and O–H groups in total. The van der Waals surface area contributed by atoms with Crippen molar-refractivity contribution in [2.24, 2.45) is 0 Å². The van der Waals surface area contributed by atoms with Gasteiger partial charge in [0.15, 0.2) is 6.10 Å². The topological polar surface area (TPSA) is 73.1 Å². The number of carbonyl (C=O) groups is 1. The minimum atomic E-state index is -0.620. The number of anilines is 1. The third-order valence-corrected chi connectivity index (χ3v) is 5.36. The summed E-state index contributed by atoms with van der Waals surface area (Å²) in [7, 11) is 0. The normalized spacial score (nSPS) is 15.6. The molecule has 3 aromatic rings. The van der Waals surface area contributed by atoms with Crippen LogP contribution >= 0.6 is 11.3 Å². The van der Waals surface area contributed by atoms with Crippen molar-refractivity contribution in [3.05, 3.63) is 62.2 Å². The molecule has 1 fully saturated rings. The number of hydrogen-bond donors (Lipinski definition) is 0. The molecule has 28 heavy (non-hydrogen) atoms. The third-order valence-electron chi connectivity index (χ3n) is 4.66. The molecule has 8 heteroatoms. The first-order valence-electron chi connectivity index (χ1n) is 9.09. The molecule has 0 amide bonds. The zero-order valence-corrected chi connectivity index (χ0v) is 16.6. The fourth-order valence-electron chi connectivity index (χ4n) is 3.41. The fourth-order valence-corrected chi connectivity index (χ4v) is 4.08. The van der Waals surface area contributed by atoms with Crippen molar-refractivity contribution in [3.63, 3.8) is 0 Å². The molecule has 4 rings (SSSR count). The Labute approximate surface area is 166 Å². The second-order valence-electron chi connectivity index (χ2n) is 6.76. The summed E-state index contributed by atoms with van der Waals surface area (Å²) >= 11 is 1.53. The number of nitrogens with zero attached hydrogens (tertiary/aromatic N) is 3. The van der Waals surface area contributed by atoms with E-state index in [1.54, 1.807) is 12.3 Å². The molecular formula is C20H21N3O4S. The first kappa shape index (κ1) is 18.6. The van der Waals surface area contributed by atoms with Crippen LogP contribution in [0.1, 0.15) is 29.7 Å². The largest absolute Gasteiger partial charge is 0.453 e. The maximum atomic E-state index is 12.8. The molecule has 0 radical (unpaired) electrons. The summed E-state index contributed by atoms with van der Waals surface area (Å²) in [5.41, 5.74) is 2.78. The van der Waals surface area contributed by atoms with Crippen LogP contribution in [0.15, 0.2) is 40.0 Å². The number of esters is 1. The van der Waals surface area contributed by atoms with E-state index >= 15 is 0 Å². The number of thiophene rings is 1. The second kappa shape index (κ2) is 7.73. The molecule has 7 nitrogen and oxygen atoms in total. The summed E-state index contributed by atoms with van der Waals surface area (Å²) in [4.78, 5) is 31.5. The van der Waals surface area contributed by atoms with Gasteiger partial charge in [-0.25, -0.2) is 4.98 Å². The van der Waals surface area contributed by atoms with E-state index < -0.39 is 6.10 Å². The Kier molecular flexibility index (Phi) is 5.15. The number of carbonyl (C=O) groups excluding carboxylic acids is 1. The number of aromatic nitrogens is 2. The van der Waals surface area contributed by atoms with E-state index in [1.165, 1.54) is 22.7 Å². The van der Waals surface area contributed by atoms with Crippen LogP contribution in [0.4, 0.5) is 5.82 Å². The molecule has 1 unspecified atom stereocenters. The zero-order chi connectivity index (χ0) is 19.7. The van der Waals surface area contributed by atoms with E-state index in [0.29, 0.717) is 43.3 Å². The molecule has 146 valence electrons. The van der Waals surface area contributed by atoms with Crippen LogP contribution in [0.2, 0.25) is 0 Å². The molecule has 0 spiro atoms. The number of pyridine rings is 1. The van der Waals surface area contributed by atoms with E-state index in [9.17, 15) is 9.59 Å². The zero-order valence-electron chi connectivity index (χ0n) is 15.8. The molecule has 0 bridgehead atoms. The van der Waals surface area contributed by atoms with Gasteiger partial charge >= 0.3 is 5.97 Å². The number of morpholine rings is 1. The summed E-state index contributed by atoms with van der Waals surface area (Å²) in [6.45, 7) is 5.86. The molecule has 4 heterocycles. The summed E-state index contributed by atoms with van der Waals surface area (Å²) in [6, 6.07) is 5.39. The standard InChI is InChI=1S/C20H21N3O4S/c1-13-9-16(19(27-14(2)24)15-3-8-28-12-15)20-21-17(10-18(25)23(20)11-13)22-4-6-26-7-5-22/h3,8-12,19H,4-7H2,1-2H3. The maximum absolute atomic E-state index is 12.8. The van der Waals surface area contributed by atoms with E-state index in [4.69, 9.17) is 14.5 Å². The highest BCUT2D eigenvalue weighted by atomic mass is 32.1. The highest BCUT2D eigenvalue weighted by Crippen LogP contribution is 2.31. The van der Waals surface area contributed by atoms with Crippen molar-refractivity contribution < 1.29 is 14.3 Å². The molecule has 1 atom stereocenters. The summed E-state index contributed by atoms with van der Waals surface area (Å²) < 4.78 is 12.6. The van der Waals surface area contributed by atoms with Gasteiger partial charge in [0, 0.05) is 43.4 Å². The van der Waals surface area contributed by atoms with Crippen molar-refractivity contribution in [3.8, 4) is 0 Å². The minimum Gasteiger partial charge on any atom is -0.453 e. The van der Waals surface area contributed by atoms with Crippen molar-refractivity contribution in [1.82, 2.24) is 9.38 Å². The van der Waals surface area contributed by atoms with Crippen molar-refractivity contribution in [2.75, 3.05) is 31.2 Å². The van der Waals surface area contributed by atoms with E-state index in [1.807, 2.05) is 34.7 Å². The molecule has 0 saturated carbocycles. The summed E-state index contributed by atoms with van der Waals surface area (Å²) in [5, 5.41) is 3.87. The van der Waals surface area contributed by atoms with Crippen LogP contribution in [0.3, 0.4) is 0 Å². The van der Waals surface area contributed by atoms with Gasteiger partial charge in [-0.15, -0.1) is 0 Å². The van der Waals surface area contributed by atoms with Gasteiger partial charge in [-0.2, -0.15) is 11.3 Å². The average Bonchev–Trinajstić information content (AvgIpc) is 3.21. The third kappa shape index (κ3) is 3.65. The first-order chi connectivity index (χ1) is 13.5. The molecule has 0 aromatic carbocycles. The van der Waals surface area contributed by atoms with Gasteiger partial charge in [-0.3, -0.25) is 14.0 Å². The number of ether oxygens (including phenoxy) is 2. The SMILES string of the molecule is CC(=O)OC(c1ccsc1)c1cc(C)cn2c(=O)cc(N3CCOCC3)nc12. The Morgan fingerprint density at radius 1 is 1.32 bits per heavy atom. The number of aryl methyl sites for hydroxylation is 1. The predicted molar refractivity (Wildman–Crippen MR) is 107 cm³/mol. The average molecular weight is 399 g/mol. The van der Waals surface area contributed by atoms with Crippen LogP contribution in [-0.2, 0) is 14.3 Å². The van der Waals surface area contributed by atoms with E-state index in [2.05, 4.69) is 0 Å². The predicted octanol–water partition coefficient (Wildman–Crippen LogP) is 2.55. The van der Waals surface area contributed by atoms with Crippen LogP contribution in [-0.4, -0.2) is 41.7 Å². The maximum Gasteiger partial charge on any atom is 0.303 e. The lowest BCUT2D eigenvalue weighted by Crippen LogP contribution is -2.37. The molecule has 1 saturated heterocycles. The van der Waals surface area contributed by atoms with Gasteiger partial charge < -0.3 is 14.4 Å². The molecular weight excluding hydrogens is 378 g/mol. The van der Waals surface area contributed by atoms with E-state index in [0.717, 1.165) is 11.1 Å². The lowest BCUT2D eigenvalue weighted by atomic mass is 10.0. The van der Waals surface area contributed by atoms with E-state index in [-0.39, 0.29) is 11.5 Å². The van der Waals surface area contributed by atoms with Crippen LogP contribution in [0, 0.1) is 6.92 Å². The Morgan fingerprint density at radius 3 is 2.79 bits per heavy atom. The smallest absolute Gasteiger partial charge is 0.303 e. The minimum absolute atomic E-state index is 0.164. The van der Waals surface area contributed by atoms with Crippen LogP contribution in [0.25, 0.3) is 5.65 Å². The van der Waals surface area contributed by atoms with Crippen LogP contribution < -0.4 is 10.5 Å². The lowest BCUT2D eigenvalue weighted by Gasteiger charge is -2.28. The molecule has 0 aliphatic carbocycles. The Morgan fingerprint density at radius 2 is 2.11 bits per heavy atom. The van der Waals surface area contributed by atoms with Crippen LogP contribution in [0.5, 0.6) is 0 Å². The van der Waals surface area contributed by atoms with Gasteiger partial charge in [0.25, 0.3) is 5.56 Å². The van der Waals surface area contributed by atoms with Crippen molar-refractivity contribution in [2.45, 2.75) is 20.0 Å². The van der Waals surface area contributed by atoms with Gasteiger partial charge in [0.2, 0.25) is 0 Å². The van der Waals surface area contributed by atoms with Gasteiger partial charge in [0.1, 0.15) is 11.5 Å². The van der Waals surface area contributed by atoms with Gasteiger partial charge in [-0.1, -0.05) is 0 Å². The first-order valence-corrected chi connectivity index (χ1v) is 10.0. The Bertz CT molecular complexity index is 1060.